The molecule has 6 heteroatoms. The Kier molecular flexibility index (Phi) is 5.97. The quantitative estimate of drug-likeness (QED) is 0.641. The number of imidazole rings is 1. The van der Waals surface area contributed by atoms with Gasteiger partial charge in [-0.1, -0.05) is 55.1 Å². The van der Waals surface area contributed by atoms with E-state index in [0.717, 1.165) is 42.5 Å². The van der Waals surface area contributed by atoms with Crippen molar-refractivity contribution in [2.45, 2.75) is 44.7 Å². The van der Waals surface area contributed by atoms with Crippen LogP contribution in [0.15, 0.2) is 54.7 Å². The fourth-order valence-corrected chi connectivity index (χ4v) is 4.04. The number of nitrogens with one attached hydrogen (secondary N) is 1. The Morgan fingerprint density at radius 3 is 2.52 bits per heavy atom. The number of hydrogen-bond donors (Lipinski definition) is 2. The Morgan fingerprint density at radius 2 is 1.83 bits per heavy atom. The molecule has 0 spiro atoms. The summed E-state index contributed by atoms with van der Waals surface area (Å²) in [5.74, 6) is 0.507. The van der Waals surface area contributed by atoms with Gasteiger partial charge in [-0.2, -0.15) is 0 Å². The maximum atomic E-state index is 12.9. The number of halogens is 1. The van der Waals surface area contributed by atoms with Crippen molar-refractivity contribution >= 4 is 17.5 Å². The van der Waals surface area contributed by atoms with Gasteiger partial charge in [0.15, 0.2) is 0 Å². The van der Waals surface area contributed by atoms with Gasteiger partial charge in [-0.25, -0.2) is 4.98 Å². The van der Waals surface area contributed by atoms with E-state index in [1.807, 2.05) is 53.1 Å². The highest BCUT2D eigenvalue weighted by molar-refractivity contribution is 6.33. The summed E-state index contributed by atoms with van der Waals surface area (Å²) in [5.41, 5.74) is 8.85. The van der Waals surface area contributed by atoms with Crippen LogP contribution in [-0.2, 0) is 6.54 Å². The second-order valence-corrected chi connectivity index (χ2v) is 7.89. The topological polar surface area (TPSA) is 72.9 Å². The summed E-state index contributed by atoms with van der Waals surface area (Å²) in [5, 5.41) is 3.74. The normalized spacial score (nSPS) is 14.7. The molecule has 1 saturated carbocycles. The summed E-state index contributed by atoms with van der Waals surface area (Å²) in [6.45, 7) is 0.483. The average molecular weight is 409 g/mol. The largest absolute Gasteiger partial charge is 0.348 e. The van der Waals surface area contributed by atoms with Gasteiger partial charge in [-0.05, 0) is 42.7 Å². The van der Waals surface area contributed by atoms with Gasteiger partial charge >= 0.3 is 0 Å². The van der Waals surface area contributed by atoms with Crippen molar-refractivity contribution < 1.29 is 4.79 Å². The van der Waals surface area contributed by atoms with Crippen molar-refractivity contribution in [2.24, 2.45) is 5.73 Å². The summed E-state index contributed by atoms with van der Waals surface area (Å²) in [4.78, 5) is 17.6. The van der Waals surface area contributed by atoms with Gasteiger partial charge in [0.25, 0.3) is 5.91 Å². The van der Waals surface area contributed by atoms with Gasteiger partial charge in [0.05, 0.1) is 5.02 Å². The first-order valence-corrected chi connectivity index (χ1v) is 10.5. The number of amides is 1. The SMILES string of the molecule is NCc1ccc(-n2cc(C(=O)NC3CCCCC3)nc2-c2ccccc2Cl)cc1. The van der Waals surface area contributed by atoms with Gasteiger partial charge in [0.1, 0.15) is 11.5 Å². The number of nitrogens with two attached hydrogens (primary N) is 1. The predicted octanol–water partition coefficient (Wildman–Crippen LogP) is 4.71. The molecule has 0 aliphatic heterocycles. The van der Waals surface area contributed by atoms with E-state index >= 15 is 0 Å². The molecular formula is C23H25ClN4O. The van der Waals surface area contributed by atoms with Crippen molar-refractivity contribution in [2.75, 3.05) is 0 Å². The molecule has 3 aromatic rings. The van der Waals surface area contributed by atoms with Crippen LogP contribution >= 0.6 is 11.6 Å². The molecule has 1 aliphatic rings. The highest BCUT2D eigenvalue weighted by atomic mass is 35.5. The molecule has 0 unspecified atom stereocenters. The van der Waals surface area contributed by atoms with Crippen molar-refractivity contribution in [1.82, 2.24) is 14.9 Å². The lowest BCUT2D eigenvalue weighted by molar-refractivity contribution is 0.0923. The molecule has 4 rings (SSSR count). The second-order valence-electron chi connectivity index (χ2n) is 7.48. The van der Waals surface area contributed by atoms with Gasteiger partial charge in [0, 0.05) is 30.0 Å². The van der Waals surface area contributed by atoms with E-state index in [4.69, 9.17) is 17.3 Å². The first-order chi connectivity index (χ1) is 14.2. The van der Waals surface area contributed by atoms with E-state index in [1.165, 1.54) is 6.42 Å². The smallest absolute Gasteiger partial charge is 0.271 e. The summed E-state index contributed by atoms with van der Waals surface area (Å²) in [7, 11) is 0. The number of rotatable bonds is 5. The van der Waals surface area contributed by atoms with Crippen LogP contribution in [0.25, 0.3) is 17.1 Å². The van der Waals surface area contributed by atoms with Gasteiger partial charge in [-0.15, -0.1) is 0 Å². The van der Waals surface area contributed by atoms with Crippen LogP contribution in [0.3, 0.4) is 0 Å². The molecule has 29 heavy (non-hydrogen) atoms. The molecule has 150 valence electrons. The number of benzene rings is 2. The highest BCUT2D eigenvalue weighted by Crippen LogP contribution is 2.29. The monoisotopic (exact) mass is 408 g/mol. The standard InChI is InChI=1S/C23H25ClN4O/c24-20-9-5-4-8-19(20)22-27-21(23(29)26-17-6-2-1-3-7-17)15-28(22)18-12-10-16(14-25)11-13-18/h4-5,8-13,15,17H,1-3,6-7,14,25H2,(H,26,29). The molecule has 1 fully saturated rings. The number of hydrogen-bond acceptors (Lipinski definition) is 3. The van der Waals surface area contributed by atoms with Crippen molar-refractivity contribution in [3.05, 3.63) is 71.0 Å². The molecule has 0 bridgehead atoms. The van der Waals surface area contributed by atoms with E-state index in [-0.39, 0.29) is 11.9 Å². The van der Waals surface area contributed by atoms with Gasteiger partial charge < -0.3 is 11.1 Å². The Hall–Kier alpha value is -2.63. The zero-order valence-corrected chi connectivity index (χ0v) is 17.0. The Morgan fingerprint density at radius 1 is 1.10 bits per heavy atom. The van der Waals surface area contributed by atoms with Crippen LogP contribution in [0.4, 0.5) is 0 Å². The van der Waals surface area contributed by atoms with E-state index in [0.29, 0.717) is 23.1 Å². The lowest BCUT2D eigenvalue weighted by atomic mass is 9.95. The van der Waals surface area contributed by atoms with E-state index in [2.05, 4.69) is 10.3 Å². The van der Waals surface area contributed by atoms with Gasteiger partial charge in [-0.3, -0.25) is 9.36 Å². The van der Waals surface area contributed by atoms with Crippen LogP contribution < -0.4 is 11.1 Å². The number of carbonyl (C=O) groups excluding carboxylic acids is 1. The summed E-state index contributed by atoms with van der Waals surface area (Å²) in [6.07, 6.45) is 7.43. The van der Waals surface area contributed by atoms with Crippen molar-refractivity contribution in [1.29, 1.82) is 0 Å². The second kappa shape index (κ2) is 8.80. The molecule has 0 atom stereocenters. The summed E-state index contributed by atoms with van der Waals surface area (Å²) < 4.78 is 1.91. The number of aromatic nitrogens is 2. The zero-order valence-electron chi connectivity index (χ0n) is 16.3. The van der Waals surface area contributed by atoms with Crippen LogP contribution in [0.2, 0.25) is 5.02 Å². The minimum absolute atomic E-state index is 0.137. The van der Waals surface area contributed by atoms with E-state index in [1.54, 1.807) is 6.20 Å². The fraction of sp³-hybridized carbons (Fsp3) is 0.304. The van der Waals surface area contributed by atoms with E-state index in [9.17, 15) is 4.79 Å². The summed E-state index contributed by atoms with van der Waals surface area (Å²) in [6, 6.07) is 15.7. The lowest BCUT2D eigenvalue weighted by Gasteiger charge is -2.22. The van der Waals surface area contributed by atoms with Crippen LogP contribution in [0.1, 0.15) is 48.2 Å². The predicted molar refractivity (Wildman–Crippen MR) is 116 cm³/mol. The third-order valence-electron chi connectivity index (χ3n) is 5.44. The fourth-order valence-electron chi connectivity index (χ4n) is 3.82. The maximum Gasteiger partial charge on any atom is 0.271 e. The molecule has 1 aromatic heterocycles. The van der Waals surface area contributed by atoms with Crippen molar-refractivity contribution in [3.8, 4) is 17.1 Å². The molecule has 0 radical (unpaired) electrons. The average Bonchev–Trinajstić information content (AvgIpc) is 3.20. The minimum atomic E-state index is -0.137. The molecule has 0 saturated heterocycles. The van der Waals surface area contributed by atoms with E-state index < -0.39 is 0 Å². The molecule has 1 aliphatic carbocycles. The maximum absolute atomic E-state index is 12.9. The molecular weight excluding hydrogens is 384 g/mol. The van der Waals surface area contributed by atoms with Crippen LogP contribution in [-0.4, -0.2) is 21.5 Å². The number of carbonyl (C=O) groups is 1. The third kappa shape index (κ3) is 4.36. The molecule has 3 N–H and O–H groups in total. The molecule has 1 heterocycles. The van der Waals surface area contributed by atoms with Crippen molar-refractivity contribution in [3.63, 3.8) is 0 Å². The minimum Gasteiger partial charge on any atom is -0.348 e. The molecule has 5 nitrogen and oxygen atoms in total. The van der Waals surface area contributed by atoms with Crippen LogP contribution in [0, 0.1) is 0 Å². The Balaban J connectivity index is 1.71. The number of nitrogens with zero attached hydrogens (tertiary/aromatic N) is 2. The first kappa shape index (κ1) is 19.7. The first-order valence-electron chi connectivity index (χ1n) is 10.1. The van der Waals surface area contributed by atoms with Gasteiger partial charge in [0.2, 0.25) is 0 Å². The Labute approximate surface area is 175 Å². The summed E-state index contributed by atoms with van der Waals surface area (Å²) >= 11 is 6.44. The lowest BCUT2D eigenvalue weighted by Crippen LogP contribution is -2.36. The Bertz CT molecular complexity index is 990. The zero-order chi connectivity index (χ0) is 20.2. The van der Waals surface area contributed by atoms with Crippen LogP contribution in [0.5, 0.6) is 0 Å². The molecule has 2 aromatic carbocycles. The highest BCUT2D eigenvalue weighted by Gasteiger charge is 2.21. The third-order valence-corrected chi connectivity index (χ3v) is 5.77. The molecule has 1 amide bonds.